The van der Waals surface area contributed by atoms with Crippen LogP contribution in [0.4, 0.5) is 5.69 Å². The molecular weight excluding hydrogens is 265 g/mol. The van der Waals surface area contributed by atoms with Crippen LogP contribution in [0.3, 0.4) is 0 Å². The molecule has 1 nitrogen and oxygen atoms in total. The lowest BCUT2D eigenvalue weighted by molar-refractivity contribution is 0.821. The van der Waals surface area contributed by atoms with Gasteiger partial charge in [-0.15, -0.1) is 0 Å². The highest BCUT2D eigenvalue weighted by Gasteiger charge is 2.00. The summed E-state index contributed by atoms with van der Waals surface area (Å²) in [6.45, 7) is 0. The zero-order chi connectivity index (χ0) is 13.0. The third kappa shape index (κ3) is 3.66. The lowest BCUT2D eigenvalue weighted by Gasteiger charge is -2.04. The van der Waals surface area contributed by atoms with Gasteiger partial charge >= 0.3 is 0 Å². The fourth-order valence-electron chi connectivity index (χ4n) is 1.94. The van der Waals surface area contributed by atoms with E-state index in [0.717, 1.165) is 24.9 Å². The number of nitrogens with two attached hydrogens (primary N) is 1. The molecule has 94 valence electrons. The van der Waals surface area contributed by atoms with Crippen LogP contribution in [-0.2, 0) is 12.8 Å². The number of rotatable bonds is 4. The van der Waals surface area contributed by atoms with E-state index in [1.165, 1.54) is 11.1 Å². The number of hydrogen-bond acceptors (Lipinski definition) is 1. The molecule has 0 saturated carbocycles. The highest BCUT2D eigenvalue weighted by atomic mass is 35.5. The van der Waals surface area contributed by atoms with Gasteiger partial charge in [0.25, 0.3) is 0 Å². The van der Waals surface area contributed by atoms with Gasteiger partial charge in [0.2, 0.25) is 0 Å². The average molecular weight is 280 g/mol. The summed E-state index contributed by atoms with van der Waals surface area (Å²) in [4.78, 5) is 0. The Bertz CT molecular complexity index is 538. The summed E-state index contributed by atoms with van der Waals surface area (Å²) in [5.41, 5.74) is 9.06. The predicted octanol–water partition coefficient (Wildman–Crippen LogP) is 4.75. The Labute approximate surface area is 118 Å². The first-order chi connectivity index (χ1) is 8.65. The van der Waals surface area contributed by atoms with Gasteiger partial charge in [-0.05, 0) is 54.7 Å². The van der Waals surface area contributed by atoms with Gasteiger partial charge in [0.15, 0.2) is 0 Å². The molecule has 0 fully saturated rings. The first kappa shape index (κ1) is 13.3. The minimum atomic E-state index is 0.608. The first-order valence-electron chi connectivity index (χ1n) is 5.93. The largest absolute Gasteiger partial charge is 0.399 e. The Morgan fingerprint density at radius 2 is 1.56 bits per heavy atom. The molecule has 3 heteroatoms. The number of halogens is 2. The van der Waals surface area contributed by atoms with E-state index in [2.05, 4.69) is 6.07 Å². The molecular formula is C15H15Cl2N. The van der Waals surface area contributed by atoms with Crippen LogP contribution in [0.2, 0.25) is 10.0 Å². The quantitative estimate of drug-likeness (QED) is 0.803. The van der Waals surface area contributed by atoms with Crippen molar-refractivity contribution in [1.29, 1.82) is 0 Å². The van der Waals surface area contributed by atoms with Crippen molar-refractivity contribution >= 4 is 28.9 Å². The Morgan fingerprint density at radius 1 is 0.833 bits per heavy atom. The van der Waals surface area contributed by atoms with Crippen molar-refractivity contribution in [2.24, 2.45) is 0 Å². The molecule has 0 aliphatic heterocycles. The highest BCUT2D eigenvalue weighted by Crippen LogP contribution is 2.23. The summed E-state index contributed by atoms with van der Waals surface area (Å²) in [6.07, 6.45) is 3.08. The maximum atomic E-state index is 5.98. The molecule has 0 saturated heterocycles. The number of benzene rings is 2. The molecule has 2 N–H and O–H groups in total. The van der Waals surface area contributed by atoms with Crippen LogP contribution in [0, 0.1) is 0 Å². The molecule has 0 aromatic heterocycles. The van der Waals surface area contributed by atoms with Gasteiger partial charge in [-0.25, -0.2) is 0 Å². The molecule has 0 amide bonds. The van der Waals surface area contributed by atoms with Crippen molar-refractivity contribution in [2.75, 3.05) is 5.73 Å². The second-order valence-corrected chi connectivity index (χ2v) is 5.16. The number of hydrogen-bond donors (Lipinski definition) is 1. The fourth-order valence-corrected chi connectivity index (χ4v) is 2.26. The SMILES string of the molecule is Nc1cccc(CCCc2ccc(Cl)c(Cl)c2)c1. The summed E-state index contributed by atoms with van der Waals surface area (Å²) in [6, 6.07) is 13.8. The lowest BCUT2D eigenvalue weighted by Crippen LogP contribution is -1.92. The Hall–Kier alpha value is -1.18. The second-order valence-electron chi connectivity index (χ2n) is 4.35. The summed E-state index contributed by atoms with van der Waals surface area (Å²) in [5, 5.41) is 1.23. The van der Waals surface area contributed by atoms with Crippen molar-refractivity contribution in [2.45, 2.75) is 19.3 Å². The fraction of sp³-hybridized carbons (Fsp3) is 0.200. The zero-order valence-electron chi connectivity index (χ0n) is 10.00. The van der Waals surface area contributed by atoms with Crippen LogP contribution in [0.1, 0.15) is 17.5 Å². The Kier molecular flexibility index (Phi) is 4.51. The molecule has 2 aromatic rings. The summed E-state index contributed by atoms with van der Waals surface area (Å²) in [7, 11) is 0. The van der Waals surface area contributed by atoms with Crippen LogP contribution in [0.5, 0.6) is 0 Å². The van der Waals surface area contributed by atoms with Gasteiger partial charge in [0.05, 0.1) is 10.0 Å². The van der Waals surface area contributed by atoms with Crippen molar-refractivity contribution in [3.05, 3.63) is 63.6 Å². The number of aryl methyl sites for hydroxylation is 2. The van der Waals surface area contributed by atoms with Crippen molar-refractivity contribution in [3.63, 3.8) is 0 Å². The van der Waals surface area contributed by atoms with Gasteiger partial charge < -0.3 is 5.73 Å². The third-order valence-corrected chi connectivity index (χ3v) is 3.60. The maximum absolute atomic E-state index is 5.98. The van der Waals surface area contributed by atoms with Gasteiger partial charge in [-0.2, -0.15) is 0 Å². The van der Waals surface area contributed by atoms with E-state index in [0.29, 0.717) is 10.0 Å². The molecule has 18 heavy (non-hydrogen) atoms. The normalized spacial score (nSPS) is 10.6. The van der Waals surface area contributed by atoms with Crippen molar-refractivity contribution in [1.82, 2.24) is 0 Å². The lowest BCUT2D eigenvalue weighted by atomic mass is 10.0. The predicted molar refractivity (Wildman–Crippen MR) is 79.3 cm³/mol. The Morgan fingerprint density at radius 3 is 2.22 bits per heavy atom. The highest BCUT2D eigenvalue weighted by molar-refractivity contribution is 6.42. The first-order valence-corrected chi connectivity index (χ1v) is 6.69. The van der Waals surface area contributed by atoms with Gasteiger partial charge in [-0.3, -0.25) is 0 Å². The van der Waals surface area contributed by atoms with Gasteiger partial charge in [-0.1, -0.05) is 41.4 Å². The monoisotopic (exact) mass is 279 g/mol. The summed E-state index contributed by atoms with van der Waals surface area (Å²) in [5.74, 6) is 0. The zero-order valence-corrected chi connectivity index (χ0v) is 11.5. The van der Waals surface area contributed by atoms with Crippen LogP contribution in [0.15, 0.2) is 42.5 Å². The molecule has 0 heterocycles. The minimum Gasteiger partial charge on any atom is -0.399 e. The molecule has 0 bridgehead atoms. The van der Waals surface area contributed by atoms with Crippen LogP contribution >= 0.6 is 23.2 Å². The molecule has 2 aromatic carbocycles. The van der Waals surface area contributed by atoms with Gasteiger partial charge in [0.1, 0.15) is 0 Å². The van der Waals surface area contributed by atoms with Crippen molar-refractivity contribution in [3.8, 4) is 0 Å². The Balaban J connectivity index is 1.90. The molecule has 0 atom stereocenters. The average Bonchev–Trinajstić information content (AvgIpc) is 2.34. The third-order valence-electron chi connectivity index (χ3n) is 2.87. The van der Waals surface area contributed by atoms with Crippen molar-refractivity contribution < 1.29 is 0 Å². The van der Waals surface area contributed by atoms with Crippen LogP contribution in [-0.4, -0.2) is 0 Å². The molecule has 0 unspecified atom stereocenters. The van der Waals surface area contributed by atoms with E-state index in [-0.39, 0.29) is 0 Å². The number of anilines is 1. The molecule has 0 radical (unpaired) electrons. The molecule has 0 spiro atoms. The minimum absolute atomic E-state index is 0.608. The van der Waals surface area contributed by atoms with Crippen LogP contribution in [0.25, 0.3) is 0 Å². The summed E-state index contributed by atoms with van der Waals surface area (Å²) < 4.78 is 0. The number of nitrogen functional groups attached to an aromatic ring is 1. The van der Waals surface area contributed by atoms with Gasteiger partial charge in [0, 0.05) is 5.69 Å². The topological polar surface area (TPSA) is 26.0 Å². The van der Waals surface area contributed by atoms with E-state index < -0.39 is 0 Å². The molecule has 2 rings (SSSR count). The van der Waals surface area contributed by atoms with E-state index in [1.54, 1.807) is 0 Å². The molecule has 0 aliphatic rings. The standard InChI is InChI=1S/C15H15Cl2N/c16-14-8-7-12(10-15(14)17)4-1-3-11-5-2-6-13(18)9-11/h2,5-10H,1,3-4,18H2. The van der Waals surface area contributed by atoms with Crippen LogP contribution < -0.4 is 5.73 Å². The second kappa shape index (κ2) is 6.12. The summed E-state index contributed by atoms with van der Waals surface area (Å²) >= 11 is 11.9. The maximum Gasteiger partial charge on any atom is 0.0595 e. The van der Waals surface area contributed by atoms with E-state index >= 15 is 0 Å². The smallest absolute Gasteiger partial charge is 0.0595 e. The molecule has 0 aliphatic carbocycles. The van der Waals surface area contributed by atoms with E-state index in [9.17, 15) is 0 Å². The van der Waals surface area contributed by atoms with E-state index in [4.69, 9.17) is 28.9 Å². The van der Waals surface area contributed by atoms with E-state index in [1.807, 2.05) is 36.4 Å².